The van der Waals surface area contributed by atoms with E-state index in [1.165, 1.54) is 0 Å². The van der Waals surface area contributed by atoms with Gasteiger partial charge in [0.1, 0.15) is 6.61 Å². The van der Waals surface area contributed by atoms with Crippen LogP contribution in [0.25, 0.3) is 0 Å². The summed E-state index contributed by atoms with van der Waals surface area (Å²) in [4.78, 5) is 11.4. The molecule has 14 heavy (non-hydrogen) atoms. The van der Waals surface area contributed by atoms with Gasteiger partial charge in [0.05, 0.1) is 5.56 Å². The molecule has 0 saturated carbocycles. The third-order valence-corrected chi connectivity index (χ3v) is 1.87. The van der Waals surface area contributed by atoms with Gasteiger partial charge in [-0.3, -0.25) is 0 Å². The molecule has 0 atom stereocenters. The van der Waals surface area contributed by atoms with Crippen molar-refractivity contribution in [2.24, 2.45) is 0 Å². The Morgan fingerprint density at radius 1 is 1.36 bits per heavy atom. The molecule has 0 saturated heterocycles. The summed E-state index contributed by atoms with van der Waals surface area (Å²) in [5.74, 6) is -0.264. The van der Waals surface area contributed by atoms with Crippen molar-refractivity contribution >= 4 is 5.97 Å². The first kappa shape index (κ1) is 10.7. The third-order valence-electron chi connectivity index (χ3n) is 1.87. The van der Waals surface area contributed by atoms with Crippen LogP contribution < -0.4 is 5.32 Å². The lowest BCUT2D eigenvalue weighted by molar-refractivity contribution is 0.0510. The maximum atomic E-state index is 11.4. The Kier molecular flexibility index (Phi) is 4.13. The molecule has 0 aliphatic heterocycles. The van der Waals surface area contributed by atoms with Crippen molar-refractivity contribution < 1.29 is 9.53 Å². The van der Waals surface area contributed by atoms with Gasteiger partial charge in [-0.15, -0.1) is 0 Å². The van der Waals surface area contributed by atoms with Crippen LogP contribution in [0, 0.1) is 6.92 Å². The van der Waals surface area contributed by atoms with E-state index in [0.29, 0.717) is 18.7 Å². The van der Waals surface area contributed by atoms with E-state index in [2.05, 4.69) is 5.32 Å². The maximum Gasteiger partial charge on any atom is 0.338 e. The number of likely N-dealkylation sites (N-methyl/N-ethyl adjacent to an activating group) is 1. The fourth-order valence-corrected chi connectivity index (χ4v) is 1.02. The molecule has 1 aromatic rings. The zero-order valence-corrected chi connectivity index (χ0v) is 8.54. The SMILES string of the molecule is CNCCOC(=O)c1ccc(C)cc1. The average molecular weight is 193 g/mol. The first-order valence-electron chi connectivity index (χ1n) is 4.62. The Morgan fingerprint density at radius 3 is 2.57 bits per heavy atom. The van der Waals surface area contributed by atoms with E-state index in [1.54, 1.807) is 12.1 Å². The summed E-state index contributed by atoms with van der Waals surface area (Å²) in [6, 6.07) is 7.34. The summed E-state index contributed by atoms with van der Waals surface area (Å²) in [7, 11) is 1.82. The molecule has 3 nitrogen and oxygen atoms in total. The number of ether oxygens (including phenoxy) is 1. The molecule has 0 bridgehead atoms. The number of hydrogen-bond donors (Lipinski definition) is 1. The van der Waals surface area contributed by atoms with E-state index in [1.807, 2.05) is 26.1 Å². The molecule has 1 N–H and O–H groups in total. The van der Waals surface area contributed by atoms with Crippen LogP contribution in [-0.4, -0.2) is 26.2 Å². The smallest absolute Gasteiger partial charge is 0.338 e. The van der Waals surface area contributed by atoms with E-state index in [-0.39, 0.29) is 5.97 Å². The predicted molar refractivity (Wildman–Crippen MR) is 55.4 cm³/mol. The highest BCUT2D eigenvalue weighted by Gasteiger charge is 2.04. The Labute approximate surface area is 84.1 Å². The second kappa shape index (κ2) is 5.40. The molecule has 0 aliphatic carbocycles. The third kappa shape index (κ3) is 3.18. The van der Waals surface area contributed by atoms with Crippen molar-refractivity contribution in [3.05, 3.63) is 35.4 Å². The van der Waals surface area contributed by atoms with Crippen LogP contribution in [0.3, 0.4) is 0 Å². The number of rotatable bonds is 4. The van der Waals surface area contributed by atoms with Crippen LogP contribution in [0.4, 0.5) is 0 Å². The molecule has 0 aliphatic rings. The van der Waals surface area contributed by atoms with Crippen LogP contribution in [0.2, 0.25) is 0 Å². The van der Waals surface area contributed by atoms with Gasteiger partial charge in [-0.25, -0.2) is 4.79 Å². The summed E-state index contributed by atoms with van der Waals surface area (Å²) in [6.07, 6.45) is 0. The largest absolute Gasteiger partial charge is 0.461 e. The molecule has 0 aromatic heterocycles. The molecule has 1 aromatic carbocycles. The Balaban J connectivity index is 2.48. The second-order valence-electron chi connectivity index (χ2n) is 3.11. The molecule has 0 spiro atoms. The van der Waals surface area contributed by atoms with E-state index >= 15 is 0 Å². The summed E-state index contributed by atoms with van der Waals surface area (Å²) in [5.41, 5.74) is 1.74. The van der Waals surface area contributed by atoms with Crippen molar-refractivity contribution in [2.45, 2.75) is 6.92 Å². The van der Waals surface area contributed by atoms with Gasteiger partial charge in [0.25, 0.3) is 0 Å². The van der Waals surface area contributed by atoms with E-state index < -0.39 is 0 Å². The van der Waals surface area contributed by atoms with Crippen molar-refractivity contribution in [2.75, 3.05) is 20.2 Å². The maximum absolute atomic E-state index is 11.4. The van der Waals surface area contributed by atoms with Crippen LogP contribution in [0.1, 0.15) is 15.9 Å². The standard InChI is InChI=1S/C11H15NO2/c1-9-3-5-10(6-4-9)11(13)14-8-7-12-2/h3-6,12H,7-8H2,1-2H3. The van der Waals surface area contributed by atoms with Crippen LogP contribution in [-0.2, 0) is 4.74 Å². The van der Waals surface area contributed by atoms with Crippen LogP contribution >= 0.6 is 0 Å². The zero-order chi connectivity index (χ0) is 10.4. The zero-order valence-electron chi connectivity index (χ0n) is 8.54. The van der Waals surface area contributed by atoms with Gasteiger partial charge in [-0.05, 0) is 26.1 Å². The van der Waals surface area contributed by atoms with E-state index in [4.69, 9.17) is 4.74 Å². The lowest BCUT2D eigenvalue weighted by atomic mass is 10.1. The predicted octanol–water partition coefficient (Wildman–Crippen LogP) is 1.37. The number of hydrogen-bond acceptors (Lipinski definition) is 3. The summed E-state index contributed by atoms with van der Waals surface area (Å²) < 4.78 is 5.01. The second-order valence-corrected chi connectivity index (χ2v) is 3.11. The molecular weight excluding hydrogens is 178 g/mol. The van der Waals surface area contributed by atoms with Gasteiger partial charge in [0.15, 0.2) is 0 Å². The molecule has 0 heterocycles. The monoisotopic (exact) mass is 193 g/mol. The van der Waals surface area contributed by atoms with Crippen LogP contribution in [0.5, 0.6) is 0 Å². The van der Waals surface area contributed by atoms with Gasteiger partial charge < -0.3 is 10.1 Å². The summed E-state index contributed by atoms with van der Waals surface area (Å²) >= 11 is 0. The van der Waals surface area contributed by atoms with Crippen molar-refractivity contribution in [3.63, 3.8) is 0 Å². The molecule has 76 valence electrons. The van der Waals surface area contributed by atoms with Crippen molar-refractivity contribution in [3.8, 4) is 0 Å². The molecule has 0 radical (unpaired) electrons. The first-order chi connectivity index (χ1) is 6.74. The van der Waals surface area contributed by atoms with Gasteiger partial charge in [0.2, 0.25) is 0 Å². The highest BCUT2D eigenvalue weighted by atomic mass is 16.5. The topological polar surface area (TPSA) is 38.3 Å². The minimum absolute atomic E-state index is 0.264. The number of nitrogens with one attached hydrogen (secondary N) is 1. The fourth-order valence-electron chi connectivity index (χ4n) is 1.02. The minimum atomic E-state index is -0.264. The van der Waals surface area contributed by atoms with Gasteiger partial charge >= 0.3 is 5.97 Å². The molecule has 0 unspecified atom stereocenters. The Morgan fingerprint density at radius 2 is 2.00 bits per heavy atom. The summed E-state index contributed by atoms with van der Waals surface area (Å²) in [5, 5.41) is 2.91. The van der Waals surface area contributed by atoms with Crippen molar-refractivity contribution in [1.82, 2.24) is 5.32 Å². The Bertz CT molecular complexity index is 293. The normalized spacial score (nSPS) is 9.86. The molecule has 3 heteroatoms. The average Bonchev–Trinajstić information content (AvgIpc) is 2.19. The lowest BCUT2D eigenvalue weighted by Crippen LogP contribution is -2.17. The van der Waals surface area contributed by atoms with Gasteiger partial charge in [-0.2, -0.15) is 0 Å². The first-order valence-corrected chi connectivity index (χ1v) is 4.62. The highest BCUT2D eigenvalue weighted by molar-refractivity contribution is 5.89. The number of aryl methyl sites for hydroxylation is 1. The van der Waals surface area contributed by atoms with Crippen LogP contribution in [0.15, 0.2) is 24.3 Å². The van der Waals surface area contributed by atoms with Gasteiger partial charge in [-0.1, -0.05) is 17.7 Å². The van der Waals surface area contributed by atoms with E-state index in [0.717, 1.165) is 5.56 Å². The fraction of sp³-hybridized carbons (Fsp3) is 0.364. The number of benzene rings is 1. The number of esters is 1. The molecular formula is C11H15NO2. The van der Waals surface area contributed by atoms with Crippen molar-refractivity contribution in [1.29, 1.82) is 0 Å². The summed E-state index contributed by atoms with van der Waals surface area (Å²) in [6.45, 7) is 3.07. The Hall–Kier alpha value is -1.35. The minimum Gasteiger partial charge on any atom is -0.461 e. The van der Waals surface area contributed by atoms with E-state index in [9.17, 15) is 4.79 Å². The number of carbonyl (C=O) groups excluding carboxylic acids is 1. The number of carbonyl (C=O) groups is 1. The molecule has 1 rings (SSSR count). The highest BCUT2D eigenvalue weighted by Crippen LogP contribution is 2.04. The quantitative estimate of drug-likeness (QED) is 0.579. The lowest BCUT2D eigenvalue weighted by Gasteiger charge is -2.04. The van der Waals surface area contributed by atoms with Gasteiger partial charge in [0, 0.05) is 6.54 Å². The molecule has 0 amide bonds. The molecule has 0 fully saturated rings.